The lowest BCUT2D eigenvalue weighted by molar-refractivity contribution is 0.481. The van der Waals surface area contributed by atoms with Crippen LogP contribution in [0, 0.1) is 0 Å². The highest BCUT2D eigenvalue weighted by Gasteiger charge is 2.14. The van der Waals surface area contributed by atoms with Crippen LogP contribution in [0.15, 0.2) is 65.6 Å². The normalized spacial score (nSPS) is 12.5. The molecule has 0 aliphatic heterocycles. The van der Waals surface area contributed by atoms with E-state index in [1.54, 1.807) is 24.4 Å². The Hall–Kier alpha value is -3.11. The lowest BCUT2D eigenvalue weighted by Crippen LogP contribution is -2.24. The molecule has 0 spiro atoms. The van der Waals surface area contributed by atoms with Gasteiger partial charge in [-0.3, -0.25) is 4.79 Å². The van der Waals surface area contributed by atoms with Gasteiger partial charge in [-0.05, 0) is 47.4 Å². The minimum Gasteiger partial charge on any atom is -0.507 e. The van der Waals surface area contributed by atoms with Gasteiger partial charge in [0, 0.05) is 29.7 Å². The minimum atomic E-state index is -0.201. The van der Waals surface area contributed by atoms with Crippen molar-refractivity contribution in [3.8, 4) is 16.9 Å². The molecule has 28 heavy (non-hydrogen) atoms. The van der Waals surface area contributed by atoms with E-state index < -0.39 is 0 Å². The summed E-state index contributed by atoms with van der Waals surface area (Å²) < 4.78 is 0. The third kappa shape index (κ3) is 3.16. The van der Waals surface area contributed by atoms with Crippen LogP contribution < -0.4 is 10.9 Å². The van der Waals surface area contributed by atoms with E-state index in [4.69, 9.17) is 0 Å². The molecule has 0 saturated carbocycles. The third-order valence-corrected chi connectivity index (χ3v) is 5.46. The molecule has 3 N–H and O–H groups in total. The molecule has 0 fully saturated rings. The topological polar surface area (TPSA) is 65.1 Å². The summed E-state index contributed by atoms with van der Waals surface area (Å²) in [5, 5.41) is 17.4. The SMILES string of the molecule is CCC(C)NCc1ccc(-c2c[nH]c(=O)c3cccc(O)c23)c2ccccc12. The first-order valence-corrected chi connectivity index (χ1v) is 9.68. The number of phenolic OH excluding ortho intramolecular Hbond substituents is 1. The summed E-state index contributed by atoms with van der Waals surface area (Å²) in [5.41, 5.74) is 2.85. The summed E-state index contributed by atoms with van der Waals surface area (Å²) in [7, 11) is 0. The standard InChI is InChI=1S/C24H24N2O2/c1-3-15(2)25-13-16-11-12-19(18-8-5-4-7-17(16)18)21-14-26-24(28)20-9-6-10-22(27)23(20)21/h4-12,14-15,25,27H,3,13H2,1-2H3,(H,26,28). The predicted octanol–water partition coefficient (Wildman–Crippen LogP) is 4.94. The van der Waals surface area contributed by atoms with Gasteiger partial charge >= 0.3 is 0 Å². The van der Waals surface area contributed by atoms with Gasteiger partial charge in [0.2, 0.25) is 0 Å². The molecule has 0 bridgehead atoms. The lowest BCUT2D eigenvalue weighted by atomic mass is 9.93. The molecule has 1 atom stereocenters. The number of pyridine rings is 1. The number of aromatic amines is 1. The molecule has 1 heterocycles. The summed E-state index contributed by atoms with van der Waals surface area (Å²) in [6.45, 7) is 5.16. The molecule has 3 aromatic carbocycles. The zero-order chi connectivity index (χ0) is 19.7. The van der Waals surface area contributed by atoms with Crippen molar-refractivity contribution in [1.29, 1.82) is 0 Å². The van der Waals surface area contributed by atoms with Crippen molar-refractivity contribution >= 4 is 21.5 Å². The van der Waals surface area contributed by atoms with Crippen LogP contribution in [-0.4, -0.2) is 16.1 Å². The second-order valence-electron chi connectivity index (χ2n) is 7.24. The fourth-order valence-corrected chi connectivity index (χ4v) is 3.69. The van der Waals surface area contributed by atoms with Crippen molar-refractivity contribution in [1.82, 2.24) is 10.3 Å². The molecule has 0 saturated heterocycles. The maximum Gasteiger partial charge on any atom is 0.255 e. The Bertz CT molecular complexity index is 1210. The number of aromatic hydroxyl groups is 1. The zero-order valence-electron chi connectivity index (χ0n) is 16.1. The fraction of sp³-hybridized carbons (Fsp3) is 0.208. The van der Waals surface area contributed by atoms with Crippen molar-refractivity contribution in [2.24, 2.45) is 0 Å². The van der Waals surface area contributed by atoms with Crippen molar-refractivity contribution in [2.75, 3.05) is 0 Å². The Morgan fingerprint density at radius 3 is 2.50 bits per heavy atom. The second kappa shape index (κ2) is 7.49. The molecule has 4 heteroatoms. The maximum absolute atomic E-state index is 12.2. The number of H-pyrrole nitrogens is 1. The molecule has 0 aliphatic carbocycles. The summed E-state index contributed by atoms with van der Waals surface area (Å²) in [4.78, 5) is 15.1. The predicted molar refractivity (Wildman–Crippen MR) is 116 cm³/mol. The van der Waals surface area contributed by atoms with Gasteiger partial charge < -0.3 is 15.4 Å². The average molecular weight is 372 g/mol. The molecular weight excluding hydrogens is 348 g/mol. The Labute approximate surface area is 163 Å². The summed E-state index contributed by atoms with van der Waals surface area (Å²) in [5.74, 6) is 0.116. The van der Waals surface area contributed by atoms with Crippen LogP contribution in [0.5, 0.6) is 5.75 Å². The molecule has 4 rings (SSSR count). The van der Waals surface area contributed by atoms with E-state index in [0.29, 0.717) is 16.8 Å². The third-order valence-electron chi connectivity index (χ3n) is 5.46. The van der Waals surface area contributed by atoms with Crippen LogP contribution in [-0.2, 0) is 6.54 Å². The highest BCUT2D eigenvalue weighted by molar-refractivity contribution is 6.07. The van der Waals surface area contributed by atoms with E-state index in [-0.39, 0.29) is 11.3 Å². The first-order chi connectivity index (χ1) is 13.6. The van der Waals surface area contributed by atoms with Gasteiger partial charge in [0.25, 0.3) is 5.56 Å². The van der Waals surface area contributed by atoms with Gasteiger partial charge in [0.15, 0.2) is 0 Å². The number of hydrogen-bond acceptors (Lipinski definition) is 3. The zero-order valence-corrected chi connectivity index (χ0v) is 16.1. The van der Waals surface area contributed by atoms with Crippen LogP contribution in [0.2, 0.25) is 0 Å². The van der Waals surface area contributed by atoms with Crippen molar-refractivity contribution in [3.05, 3.63) is 76.7 Å². The minimum absolute atomic E-state index is 0.116. The van der Waals surface area contributed by atoms with Crippen LogP contribution >= 0.6 is 0 Å². The summed E-state index contributed by atoms with van der Waals surface area (Å²) in [6, 6.07) is 18.0. The highest BCUT2D eigenvalue weighted by atomic mass is 16.3. The molecule has 1 unspecified atom stereocenters. The molecule has 0 radical (unpaired) electrons. The van der Waals surface area contributed by atoms with Gasteiger partial charge in [0.05, 0.1) is 5.39 Å². The van der Waals surface area contributed by atoms with Crippen molar-refractivity contribution in [2.45, 2.75) is 32.9 Å². The largest absolute Gasteiger partial charge is 0.507 e. The first kappa shape index (κ1) is 18.3. The number of benzene rings is 3. The smallest absolute Gasteiger partial charge is 0.255 e. The summed E-state index contributed by atoms with van der Waals surface area (Å²) in [6.07, 6.45) is 2.78. The molecule has 0 amide bonds. The first-order valence-electron chi connectivity index (χ1n) is 9.68. The Morgan fingerprint density at radius 2 is 1.71 bits per heavy atom. The van der Waals surface area contributed by atoms with E-state index in [9.17, 15) is 9.90 Å². The van der Waals surface area contributed by atoms with Gasteiger partial charge in [-0.15, -0.1) is 0 Å². The number of aromatic nitrogens is 1. The lowest BCUT2D eigenvalue weighted by Gasteiger charge is -2.16. The van der Waals surface area contributed by atoms with Gasteiger partial charge in [-0.25, -0.2) is 0 Å². The molecule has 142 valence electrons. The molecule has 1 aromatic heterocycles. The number of nitrogens with one attached hydrogen (secondary N) is 2. The number of rotatable bonds is 5. The summed E-state index contributed by atoms with van der Waals surface area (Å²) >= 11 is 0. The van der Waals surface area contributed by atoms with E-state index in [2.05, 4.69) is 48.4 Å². The Morgan fingerprint density at radius 1 is 0.964 bits per heavy atom. The number of hydrogen-bond donors (Lipinski definition) is 3. The monoisotopic (exact) mass is 372 g/mol. The van der Waals surface area contributed by atoms with Gasteiger partial charge in [0.1, 0.15) is 5.75 Å². The number of phenols is 1. The fourth-order valence-electron chi connectivity index (χ4n) is 3.69. The van der Waals surface area contributed by atoms with Crippen LogP contribution in [0.25, 0.3) is 32.7 Å². The molecule has 4 nitrogen and oxygen atoms in total. The highest BCUT2D eigenvalue weighted by Crippen LogP contribution is 2.37. The molecule has 4 aromatic rings. The Balaban J connectivity index is 1.93. The van der Waals surface area contributed by atoms with Gasteiger partial charge in [-0.1, -0.05) is 49.4 Å². The van der Waals surface area contributed by atoms with Gasteiger partial charge in [-0.2, -0.15) is 0 Å². The van der Waals surface area contributed by atoms with E-state index in [1.165, 1.54) is 10.9 Å². The quantitative estimate of drug-likeness (QED) is 0.465. The van der Waals surface area contributed by atoms with Crippen molar-refractivity contribution in [3.63, 3.8) is 0 Å². The van der Waals surface area contributed by atoms with Crippen LogP contribution in [0.4, 0.5) is 0 Å². The molecule has 0 aliphatic rings. The Kier molecular flexibility index (Phi) is 4.88. The average Bonchev–Trinajstić information content (AvgIpc) is 2.73. The molecular formula is C24H24N2O2. The number of fused-ring (bicyclic) bond motifs is 2. The van der Waals surface area contributed by atoms with Crippen molar-refractivity contribution < 1.29 is 5.11 Å². The van der Waals surface area contributed by atoms with E-state index in [0.717, 1.165) is 29.5 Å². The van der Waals surface area contributed by atoms with Crippen LogP contribution in [0.3, 0.4) is 0 Å². The van der Waals surface area contributed by atoms with E-state index >= 15 is 0 Å². The van der Waals surface area contributed by atoms with Crippen LogP contribution in [0.1, 0.15) is 25.8 Å². The maximum atomic E-state index is 12.2. The second-order valence-corrected chi connectivity index (χ2v) is 7.24. The van der Waals surface area contributed by atoms with E-state index in [1.807, 2.05) is 12.1 Å².